The number of alkyl halides is 2. The van der Waals surface area contributed by atoms with Gasteiger partial charge in [-0.2, -0.15) is 0 Å². The number of amides is 2. The maximum atomic E-state index is 12.2. The smallest absolute Gasteiger partial charge is 0.269 e. The Morgan fingerprint density at radius 3 is 2.12 bits per heavy atom. The topological polar surface area (TPSA) is 58.2 Å². The minimum absolute atomic E-state index is 0.272. The largest absolute Gasteiger partial charge is 0.272 e. The highest BCUT2D eigenvalue weighted by Gasteiger charge is 2.25. The summed E-state index contributed by atoms with van der Waals surface area (Å²) in [6, 6.07) is 14.2. The summed E-state index contributed by atoms with van der Waals surface area (Å²) in [6.07, 6.45) is 0. The fourth-order valence-electron chi connectivity index (χ4n) is 1.91. The van der Waals surface area contributed by atoms with Gasteiger partial charge in [-0.25, -0.2) is 0 Å². The number of nitrogens with one attached hydrogen (secondary N) is 2. The Balaban J connectivity index is 1.92. The Morgan fingerprint density at radius 1 is 0.958 bits per heavy atom. The summed E-state index contributed by atoms with van der Waals surface area (Å²) in [4.78, 5) is 23.3. The molecule has 0 aliphatic heterocycles. The van der Waals surface area contributed by atoms with Crippen molar-refractivity contribution in [1.29, 1.82) is 0 Å². The third-order valence-corrected chi connectivity index (χ3v) is 6.27. The number of benzene rings is 2. The van der Waals surface area contributed by atoms with Crippen molar-refractivity contribution in [3.63, 3.8) is 0 Å². The van der Waals surface area contributed by atoms with Crippen LogP contribution in [-0.2, 0) is 4.79 Å². The summed E-state index contributed by atoms with van der Waals surface area (Å²) >= 11 is 12.7. The van der Waals surface area contributed by atoms with E-state index in [2.05, 4.69) is 42.7 Å². The molecule has 126 valence electrons. The third kappa shape index (κ3) is 5.06. The normalized spacial score (nSPS) is 13.0. The first kappa shape index (κ1) is 19.0. The van der Waals surface area contributed by atoms with Crippen LogP contribution in [0.4, 0.5) is 0 Å². The van der Waals surface area contributed by atoms with Crippen molar-refractivity contribution >= 4 is 55.3 Å². The molecular formula is C17H15Br2ClN2O2. The highest BCUT2D eigenvalue weighted by atomic mass is 79.9. The lowest BCUT2D eigenvalue weighted by molar-refractivity contribution is -0.121. The second-order valence-corrected chi connectivity index (χ2v) is 7.57. The van der Waals surface area contributed by atoms with E-state index in [-0.39, 0.29) is 16.6 Å². The first-order valence-corrected chi connectivity index (χ1v) is 9.30. The number of halogens is 3. The van der Waals surface area contributed by atoms with Gasteiger partial charge in [0.1, 0.15) is 4.83 Å². The molecule has 0 aliphatic rings. The number of aryl methyl sites for hydroxylation is 1. The van der Waals surface area contributed by atoms with E-state index < -0.39 is 4.83 Å². The summed E-state index contributed by atoms with van der Waals surface area (Å²) < 4.78 is 0. The fourth-order valence-corrected chi connectivity index (χ4v) is 3.00. The van der Waals surface area contributed by atoms with Crippen LogP contribution in [0.2, 0.25) is 5.02 Å². The number of hydrogen-bond donors (Lipinski definition) is 2. The summed E-state index contributed by atoms with van der Waals surface area (Å²) in [5.74, 6) is -0.743. The number of carbonyl (C=O) groups excluding carboxylic acids is 2. The van der Waals surface area contributed by atoms with Crippen molar-refractivity contribution in [2.24, 2.45) is 0 Å². The number of carbonyl (C=O) groups is 2. The predicted octanol–water partition coefficient (Wildman–Crippen LogP) is 4.31. The highest BCUT2D eigenvalue weighted by molar-refractivity contribution is 9.12. The van der Waals surface area contributed by atoms with Gasteiger partial charge in [0.2, 0.25) is 0 Å². The molecule has 7 heteroatoms. The Kier molecular flexibility index (Phi) is 6.83. The van der Waals surface area contributed by atoms with Crippen LogP contribution in [-0.4, -0.2) is 16.6 Å². The average molecular weight is 475 g/mol. The molecule has 2 aromatic carbocycles. The van der Waals surface area contributed by atoms with Crippen LogP contribution < -0.4 is 10.9 Å². The molecule has 24 heavy (non-hydrogen) atoms. The lowest BCUT2D eigenvalue weighted by Crippen LogP contribution is -2.45. The molecule has 0 fully saturated rings. The van der Waals surface area contributed by atoms with E-state index in [9.17, 15) is 9.59 Å². The van der Waals surface area contributed by atoms with Gasteiger partial charge in [0.15, 0.2) is 0 Å². The molecule has 0 aromatic heterocycles. The summed E-state index contributed by atoms with van der Waals surface area (Å²) in [6.45, 7) is 1.94. The van der Waals surface area contributed by atoms with Crippen LogP contribution in [0.5, 0.6) is 0 Å². The molecule has 2 N–H and O–H groups in total. The first-order valence-electron chi connectivity index (χ1n) is 7.09. The Hall–Kier alpha value is -1.37. The highest BCUT2D eigenvalue weighted by Crippen LogP contribution is 2.31. The van der Waals surface area contributed by atoms with Gasteiger partial charge in [-0.05, 0) is 36.8 Å². The van der Waals surface area contributed by atoms with Gasteiger partial charge in [0, 0.05) is 10.6 Å². The summed E-state index contributed by atoms with van der Waals surface area (Å²) in [5.41, 5.74) is 7.24. The van der Waals surface area contributed by atoms with E-state index in [1.54, 1.807) is 24.3 Å². The van der Waals surface area contributed by atoms with E-state index in [0.29, 0.717) is 10.6 Å². The molecular weight excluding hydrogens is 459 g/mol. The van der Waals surface area contributed by atoms with Crippen LogP contribution >= 0.6 is 43.5 Å². The maximum Gasteiger partial charge on any atom is 0.269 e. The summed E-state index contributed by atoms with van der Waals surface area (Å²) in [5, 5.41) is 0.624. The SMILES string of the molecule is Cc1ccc(C(=O)NNC(=O)C(Br)C(Br)c2ccc(Cl)cc2)cc1. The molecule has 2 rings (SSSR count). The van der Waals surface area contributed by atoms with E-state index in [4.69, 9.17) is 11.6 Å². The standard InChI is InChI=1S/C17H15Br2ClN2O2/c1-10-2-4-12(5-3-10)16(23)21-22-17(24)15(19)14(18)11-6-8-13(20)9-7-11/h2-9,14-15H,1H3,(H,21,23)(H,22,24). The summed E-state index contributed by atoms with van der Waals surface area (Å²) in [7, 11) is 0. The second kappa shape index (κ2) is 8.65. The van der Waals surface area contributed by atoms with Crippen LogP contribution in [0, 0.1) is 6.92 Å². The van der Waals surface area contributed by atoms with E-state index >= 15 is 0 Å². The van der Waals surface area contributed by atoms with Crippen LogP contribution in [0.1, 0.15) is 26.3 Å². The molecule has 2 amide bonds. The first-order chi connectivity index (χ1) is 11.4. The Morgan fingerprint density at radius 2 is 1.54 bits per heavy atom. The van der Waals surface area contributed by atoms with Crippen molar-refractivity contribution in [3.05, 3.63) is 70.2 Å². The maximum absolute atomic E-state index is 12.2. The molecule has 0 saturated carbocycles. The molecule has 2 atom stereocenters. The zero-order chi connectivity index (χ0) is 17.7. The van der Waals surface area contributed by atoms with E-state index in [1.165, 1.54) is 0 Å². The number of rotatable bonds is 4. The van der Waals surface area contributed by atoms with Crippen molar-refractivity contribution in [1.82, 2.24) is 10.9 Å². The molecule has 0 bridgehead atoms. The van der Waals surface area contributed by atoms with Gasteiger partial charge in [0.05, 0.1) is 4.83 Å². The molecule has 0 heterocycles. The lowest BCUT2D eigenvalue weighted by Gasteiger charge is -2.17. The predicted molar refractivity (Wildman–Crippen MR) is 103 cm³/mol. The van der Waals surface area contributed by atoms with Crippen molar-refractivity contribution in [2.45, 2.75) is 16.6 Å². The molecule has 0 saturated heterocycles. The minimum Gasteiger partial charge on any atom is -0.272 e. The number of hydrazine groups is 1. The fraction of sp³-hybridized carbons (Fsp3) is 0.176. The van der Waals surface area contributed by atoms with Crippen molar-refractivity contribution in [2.75, 3.05) is 0 Å². The quantitative estimate of drug-likeness (QED) is 0.513. The van der Waals surface area contributed by atoms with Crippen molar-refractivity contribution < 1.29 is 9.59 Å². The Bertz CT molecular complexity index is 720. The van der Waals surface area contributed by atoms with Crippen molar-refractivity contribution in [3.8, 4) is 0 Å². The monoisotopic (exact) mass is 472 g/mol. The molecule has 2 aromatic rings. The van der Waals surface area contributed by atoms with Gasteiger partial charge < -0.3 is 0 Å². The molecule has 2 unspecified atom stereocenters. The van der Waals surface area contributed by atoms with Gasteiger partial charge in [0.25, 0.3) is 11.8 Å². The Labute approximate surface area is 162 Å². The van der Waals surface area contributed by atoms with Gasteiger partial charge in [-0.3, -0.25) is 20.4 Å². The third-order valence-electron chi connectivity index (χ3n) is 3.31. The lowest BCUT2D eigenvalue weighted by atomic mass is 10.1. The zero-order valence-corrected chi connectivity index (χ0v) is 16.7. The molecule has 0 spiro atoms. The zero-order valence-electron chi connectivity index (χ0n) is 12.7. The van der Waals surface area contributed by atoms with Crippen LogP contribution in [0.25, 0.3) is 0 Å². The molecule has 0 radical (unpaired) electrons. The molecule has 4 nitrogen and oxygen atoms in total. The van der Waals surface area contributed by atoms with Crippen LogP contribution in [0.3, 0.4) is 0 Å². The van der Waals surface area contributed by atoms with Gasteiger partial charge >= 0.3 is 0 Å². The average Bonchev–Trinajstić information content (AvgIpc) is 2.59. The number of hydrogen-bond acceptors (Lipinski definition) is 2. The second-order valence-electron chi connectivity index (χ2n) is 5.16. The molecule has 0 aliphatic carbocycles. The van der Waals surface area contributed by atoms with E-state index in [0.717, 1.165) is 11.1 Å². The van der Waals surface area contributed by atoms with Crippen LogP contribution in [0.15, 0.2) is 48.5 Å². The van der Waals surface area contributed by atoms with E-state index in [1.807, 2.05) is 31.2 Å². The minimum atomic E-state index is -0.572. The van der Waals surface area contributed by atoms with Gasteiger partial charge in [-0.1, -0.05) is 73.3 Å². The van der Waals surface area contributed by atoms with Gasteiger partial charge in [-0.15, -0.1) is 0 Å².